The van der Waals surface area contributed by atoms with Crippen LogP contribution < -0.4 is 0 Å². The zero-order valence-corrected chi connectivity index (χ0v) is 13.4. The Morgan fingerprint density at radius 2 is 1.24 bits per heavy atom. The Balaban J connectivity index is 0. The van der Waals surface area contributed by atoms with Crippen molar-refractivity contribution in [1.82, 2.24) is 0 Å². The van der Waals surface area contributed by atoms with Crippen molar-refractivity contribution >= 4 is 20.4 Å². The number of hydrogen-bond donors (Lipinski definition) is 1. The van der Waals surface area contributed by atoms with Crippen molar-refractivity contribution in [2.24, 2.45) is 0 Å². The molecule has 0 aliphatic heterocycles. The zero-order chi connectivity index (χ0) is 13.7. The lowest BCUT2D eigenvalue weighted by Crippen LogP contribution is -2.54. The monoisotopic (exact) mass is 286 g/mol. The Hall–Kier alpha value is 0.347. The lowest BCUT2D eigenvalue weighted by Gasteiger charge is -2.31. The van der Waals surface area contributed by atoms with Crippen LogP contribution in [0, 0.1) is 0 Å². The summed E-state index contributed by atoms with van der Waals surface area (Å²) >= 11 is 6.21. The first-order valence-corrected chi connectivity index (χ1v) is 8.48. The van der Waals surface area contributed by atoms with Gasteiger partial charge in [0.1, 0.15) is 5.00 Å². The number of aliphatic hydroxyl groups is 1. The maximum Gasteiger partial charge on any atom is 0.519 e. The van der Waals surface area contributed by atoms with Crippen molar-refractivity contribution in [3.8, 4) is 0 Å². The first-order chi connectivity index (χ1) is 8.08. The molecule has 1 atom stereocenters. The van der Waals surface area contributed by atoms with E-state index >= 15 is 0 Å². The van der Waals surface area contributed by atoms with Gasteiger partial charge in [-0.2, -0.15) is 0 Å². The van der Waals surface area contributed by atoms with Crippen LogP contribution in [0.3, 0.4) is 0 Å². The van der Waals surface area contributed by atoms with E-state index in [0.717, 1.165) is 6.42 Å². The quantitative estimate of drug-likeness (QED) is 0.550. The summed E-state index contributed by atoms with van der Waals surface area (Å²) in [6, 6.07) is 0. The van der Waals surface area contributed by atoms with Gasteiger partial charge in [0, 0.05) is 26.4 Å². The summed E-state index contributed by atoms with van der Waals surface area (Å²) in [5, 5.41) is 7.42. The molecule has 4 nitrogen and oxygen atoms in total. The first kappa shape index (κ1) is 19.7. The van der Waals surface area contributed by atoms with Crippen LogP contribution in [0.1, 0.15) is 41.0 Å². The van der Waals surface area contributed by atoms with E-state index in [1.165, 1.54) is 0 Å². The summed E-state index contributed by atoms with van der Waals surface area (Å²) in [6.07, 6.45) is 0.799. The van der Waals surface area contributed by atoms with Gasteiger partial charge in [0.25, 0.3) is 0 Å². The molecule has 0 saturated carbocycles. The van der Waals surface area contributed by atoms with Gasteiger partial charge in [-0.15, -0.1) is 11.6 Å². The minimum Gasteiger partial charge on any atom is -0.397 e. The Labute approximate surface area is 112 Å². The highest BCUT2D eigenvalue weighted by Gasteiger charge is 2.47. The number of alkyl halides is 1. The fourth-order valence-corrected chi connectivity index (χ4v) is 4.32. The molecule has 0 rings (SSSR count). The van der Waals surface area contributed by atoms with Crippen molar-refractivity contribution in [1.29, 1.82) is 0 Å². The van der Waals surface area contributed by atoms with E-state index in [0.29, 0.717) is 19.8 Å². The van der Waals surface area contributed by atoms with Crippen LogP contribution in [-0.4, -0.2) is 45.3 Å². The molecule has 0 spiro atoms. The molecular weight excluding hydrogens is 260 g/mol. The van der Waals surface area contributed by atoms with Gasteiger partial charge in [-0.05, 0) is 34.1 Å². The molecule has 17 heavy (non-hydrogen) atoms. The minimum atomic E-state index is -2.63. The van der Waals surface area contributed by atoms with Gasteiger partial charge in [-0.3, -0.25) is 0 Å². The fraction of sp³-hybridized carbons (Fsp3) is 1.00. The molecule has 0 aliphatic carbocycles. The van der Waals surface area contributed by atoms with Crippen LogP contribution in [-0.2, 0) is 13.3 Å². The summed E-state index contributed by atoms with van der Waals surface area (Å²) in [6.45, 7) is 11.5. The molecule has 0 aromatic rings. The molecule has 106 valence electrons. The molecule has 6 heteroatoms. The van der Waals surface area contributed by atoms with Crippen molar-refractivity contribution in [3.05, 3.63) is 0 Å². The van der Waals surface area contributed by atoms with E-state index in [2.05, 4.69) is 0 Å². The molecule has 0 aromatic carbocycles. The van der Waals surface area contributed by atoms with Crippen LogP contribution in [0.15, 0.2) is 0 Å². The van der Waals surface area contributed by atoms with Crippen LogP contribution >= 0.6 is 11.6 Å². The van der Waals surface area contributed by atoms with Crippen molar-refractivity contribution < 1.29 is 18.4 Å². The summed E-state index contributed by atoms with van der Waals surface area (Å²) in [4.78, 5) is 0. The largest absolute Gasteiger partial charge is 0.519 e. The maximum absolute atomic E-state index is 7.57. The van der Waals surface area contributed by atoms with Gasteiger partial charge in [0.05, 0.1) is 0 Å². The van der Waals surface area contributed by atoms with E-state index < -0.39 is 8.80 Å². The van der Waals surface area contributed by atoms with E-state index in [9.17, 15) is 0 Å². The maximum atomic E-state index is 7.57. The van der Waals surface area contributed by atoms with Crippen molar-refractivity contribution in [3.63, 3.8) is 0 Å². The van der Waals surface area contributed by atoms with Crippen molar-refractivity contribution in [2.45, 2.75) is 46.0 Å². The normalized spacial score (nSPS) is 12.9. The third kappa shape index (κ3) is 8.13. The van der Waals surface area contributed by atoms with Gasteiger partial charge in [0.2, 0.25) is 0 Å². The van der Waals surface area contributed by atoms with Crippen molar-refractivity contribution in [2.75, 3.05) is 26.4 Å². The number of rotatable bonds is 8. The molecule has 0 bridgehead atoms. The smallest absolute Gasteiger partial charge is 0.397 e. The lowest BCUT2D eigenvalue weighted by atomic mass is 10.6. The highest BCUT2D eigenvalue weighted by atomic mass is 35.5. The summed E-state index contributed by atoms with van der Waals surface area (Å²) in [7, 11) is -2.63. The standard InChI is InChI=1S/C9H21ClO3Si.C2H6O/c1-5-9(10)14(11-6-2,12-7-3)13-8-4;1-2-3/h9H,5-8H2,1-4H3;3H,2H2,1H3. The molecule has 0 aromatic heterocycles. The first-order valence-electron chi connectivity index (χ1n) is 6.25. The Morgan fingerprint density at radius 1 is 0.941 bits per heavy atom. The topological polar surface area (TPSA) is 47.9 Å². The molecule has 1 N–H and O–H groups in total. The zero-order valence-electron chi connectivity index (χ0n) is 11.7. The predicted molar refractivity (Wildman–Crippen MR) is 73.3 cm³/mol. The average Bonchev–Trinajstić information content (AvgIpc) is 2.30. The molecule has 0 saturated heterocycles. The molecular formula is C11H27ClO4Si. The second-order valence-corrected chi connectivity index (χ2v) is 6.76. The number of halogens is 1. The van der Waals surface area contributed by atoms with Crippen LogP contribution in [0.5, 0.6) is 0 Å². The van der Waals surface area contributed by atoms with Crippen LogP contribution in [0.2, 0.25) is 0 Å². The third-order valence-electron chi connectivity index (χ3n) is 1.78. The highest BCUT2D eigenvalue weighted by molar-refractivity contribution is 6.71. The Morgan fingerprint density at radius 3 is 1.41 bits per heavy atom. The summed E-state index contributed by atoms with van der Waals surface area (Å²) in [5.74, 6) is 0. The van der Waals surface area contributed by atoms with Gasteiger partial charge >= 0.3 is 8.80 Å². The Kier molecular flexibility index (Phi) is 14.8. The second-order valence-electron chi connectivity index (χ2n) is 3.09. The number of hydrogen-bond acceptors (Lipinski definition) is 4. The van der Waals surface area contributed by atoms with Gasteiger partial charge in [-0.1, -0.05) is 6.92 Å². The van der Waals surface area contributed by atoms with E-state index in [-0.39, 0.29) is 11.6 Å². The van der Waals surface area contributed by atoms with E-state index in [1.807, 2.05) is 27.7 Å². The van der Waals surface area contributed by atoms with Gasteiger partial charge < -0.3 is 18.4 Å². The van der Waals surface area contributed by atoms with E-state index in [1.54, 1.807) is 6.92 Å². The third-order valence-corrected chi connectivity index (χ3v) is 6.14. The highest BCUT2D eigenvalue weighted by Crippen LogP contribution is 2.22. The molecule has 0 heterocycles. The number of aliphatic hydroxyl groups excluding tert-OH is 1. The van der Waals surface area contributed by atoms with Gasteiger partial charge in [0.15, 0.2) is 0 Å². The van der Waals surface area contributed by atoms with Gasteiger partial charge in [-0.25, -0.2) is 0 Å². The molecule has 0 radical (unpaired) electrons. The molecule has 1 unspecified atom stereocenters. The van der Waals surface area contributed by atoms with Crippen LogP contribution in [0.4, 0.5) is 0 Å². The summed E-state index contributed by atoms with van der Waals surface area (Å²) in [5.41, 5.74) is 0. The predicted octanol–water partition coefficient (Wildman–Crippen LogP) is 2.59. The minimum absolute atomic E-state index is 0.151. The molecule has 0 aliphatic rings. The van der Waals surface area contributed by atoms with E-state index in [4.69, 9.17) is 30.0 Å². The Bertz CT molecular complexity index is 143. The lowest BCUT2D eigenvalue weighted by molar-refractivity contribution is 0.0686. The SMILES string of the molecule is CCO.CCO[Si](OCC)(OCC)C(Cl)CC. The molecule has 0 fully saturated rings. The summed E-state index contributed by atoms with van der Waals surface area (Å²) < 4.78 is 16.9. The van der Waals surface area contributed by atoms with Crippen LogP contribution in [0.25, 0.3) is 0 Å². The molecule has 0 amide bonds. The fourth-order valence-electron chi connectivity index (χ4n) is 1.25. The second kappa shape index (κ2) is 12.8. The average molecular weight is 287 g/mol.